The summed E-state index contributed by atoms with van der Waals surface area (Å²) >= 11 is 0. The van der Waals surface area contributed by atoms with Crippen molar-refractivity contribution in [2.24, 2.45) is 0 Å². The molecule has 1 aromatic rings. The Hall–Kier alpha value is -0.940. The van der Waals surface area contributed by atoms with Crippen LogP contribution in [0.1, 0.15) is 30.5 Å². The van der Waals surface area contributed by atoms with Crippen LogP contribution in [0.2, 0.25) is 0 Å². The topological polar surface area (TPSA) is 33.7 Å². The molecule has 0 amide bonds. The molecule has 0 bridgehead atoms. The van der Waals surface area contributed by atoms with Crippen molar-refractivity contribution in [3.05, 3.63) is 35.4 Å². The fraction of sp³-hybridized carbons (Fsp3) is 0.647. The maximum absolute atomic E-state index is 6.01. The first-order chi connectivity index (χ1) is 10.3. The zero-order valence-corrected chi connectivity index (χ0v) is 13.5. The lowest BCUT2D eigenvalue weighted by Gasteiger charge is -2.41. The highest BCUT2D eigenvalue weighted by molar-refractivity contribution is 5.26. The zero-order chi connectivity index (χ0) is 15.1. The van der Waals surface area contributed by atoms with Crippen molar-refractivity contribution >= 4 is 0 Å². The first-order valence-corrected chi connectivity index (χ1v) is 7.88. The molecule has 4 nitrogen and oxygen atoms in total. The van der Waals surface area contributed by atoms with Gasteiger partial charge in [0.1, 0.15) is 0 Å². The van der Waals surface area contributed by atoms with Gasteiger partial charge in [-0.05, 0) is 31.1 Å². The SMILES string of the molecule is CCCN1CCOC(CNC)C1c1ccc(COC)cc1. The second-order valence-electron chi connectivity index (χ2n) is 5.62. The van der Waals surface area contributed by atoms with Crippen LogP contribution in [0.25, 0.3) is 0 Å². The molecule has 0 spiro atoms. The van der Waals surface area contributed by atoms with E-state index in [4.69, 9.17) is 9.47 Å². The van der Waals surface area contributed by atoms with Crippen molar-refractivity contribution in [1.29, 1.82) is 0 Å². The number of likely N-dealkylation sites (N-methyl/N-ethyl adjacent to an activating group) is 1. The normalized spacial score (nSPS) is 23.4. The molecule has 1 aliphatic rings. The van der Waals surface area contributed by atoms with Gasteiger partial charge < -0.3 is 14.8 Å². The lowest BCUT2D eigenvalue weighted by Crippen LogP contribution is -2.48. The summed E-state index contributed by atoms with van der Waals surface area (Å²) in [6.45, 7) is 6.74. The maximum Gasteiger partial charge on any atom is 0.0896 e. The van der Waals surface area contributed by atoms with Crippen LogP contribution in [0.5, 0.6) is 0 Å². The molecule has 1 N–H and O–H groups in total. The van der Waals surface area contributed by atoms with Gasteiger partial charge in [-0.2, -0.15) is 0 Å². The van der Waals surface area contributed by atoms with Crippen molar-refractivity contribution in [3.8, 4) is 0 Å². The first kappa shape index (κ1) is 16.4. The molecule has 0 aromatic heterocycles. The van der Waals surface area contributed by atoms with Crippen LogP contribution < -0.4 is 5.32 Å². The largest absolute Gasteiger partial charge is 0.380 e. The predicted molar refractivity (Wildman–Crippen MR) is 85.4 cm³/mol. The Morgan fingerprint density at radius 1 is 1.33 bits per heavy atom. The number of hydrogen-bond acceptors (Lipinski definition) is 4. The van der Waals surface area contributed by atoms with Gasteiger partial charge in [-0.15, -0.1) is 0 Å². The summed E-state index contributed by atoms with van der Waals surface area (Å²) in [5.74, 6) is 0. The van der Waals surface area contributed by atoms with Crippen LogP contribution in [-0.2, 0) is 16.1 Å². The number of morpholine rings is 1. The van der Waals surface area contributed by atoms with E-state index in [1.807, 2.05) is 7.05 Å². The van der Waals surface area contributed by atoms with E-state index < -0.39 is 0 Å². The van der Waals surface area contributed by atoms with Crippen LogP contribution >= 0.6 is 0 Å². The van der Waals surface area contributed by atoms with Crippen molar-refractivity contribution in [2.45, 2.75) is 32.1 Å². The van der Waals surface area contributed by atoms with Gasteiger partial charge in [-0.25, -0.2) is 0 Å². The van der Waals surface area contributed by atoms with Crippen molar-refractivity contribution in [1.82, 2.24) is 10.2 Å². The van der Waals surface area contributed by atoms with Gasteiger partial charge in [0.25, 0.3) is 0 Å². The number of rotatable bonds is 7. The third-order valence-corrected chi connectivity index (χ3v) is 4.00. The predicted octanol–water partition coefficient (Wildman–Crippen LogP) is 2.20. The molecular weight excluding hydrogens is 264 g/mol. The van der Waals surface area contributed by atoms with Gasteiger partial charge in [-0.1, -0.05) is 31.2 Å². The number of nitrogens with one attached hydrogen (secondary N) is 1. The van der Waals surface area contributed by atoms with Gasteiger partial charge in [0.05, 0.1) is 25.4 Å². The van der Waals surface area contributed by atoms with E-state index in [1.54, 1.807) is 7.11 Å². The lowest BCUT2D eigenvalue weighted by molar-refractivity contribution is -0.0704. The first-order valence-electron chi connectivity index (χ1n) is 7.88. The van der Waals surface area contributed by atoms with Crippen LogP contribution in [0.4, 0.5) is 0 Å². The summed E-state index contributed by atoms with van der Waals surface area (Å²) in [7, 11) is 3.72. The second kappa shape index (κ2) is 8.49. The lowest BCUT2D eigenvalue weighted by atomic mass is 9.96. The monoisotopic (exact) mass is 292 g/mol. The van der Waals surface area contributed by atoms with E-state index in [-0.39, 0.29) is 6.10 Å². The molecule has 1 fully saturated rings. The Morgan fingerprint density at radius 2 is 2.10 bits per heavy atom. The number of benzene rings is 1. The Morgan fingerprint density at radius 3 is 2.71 bits per heavy atom. The summed E-state index contributed by atoms with van der Waals surface area (Å²) in [5, 5.41) is 3.26. The summed E-state index contributed by atoms with van der Waals surface area (Å²) in [6, 6.07) is 9.10. The minimum atomic E-state index is 0.212. The molecule has 1 aliphatic heterocycles. The minimum absolute atomic E-state index is 0.212. The van der Waals surface area contributed by atoms with E-state index in [2.05, 4.69) is 41.4 Å². The quantitative estimate of drug-likeness (QED) is 0.835. The van der Waals surface area contributed by atoms with Crippen molar-refractivity contribution in [3.63, 3.8) is 0 Å². The second-order valence-corrected chi connectivity index (χ2v) is 5.62. The smallest absolute Gasteiger partial charge is 0.0896 e. The highest BCUT2D eigenvalue weighted by Gasteiger charge is 2.32. The number of nitrogens with zero attached hydrogens (tertiary/aromatic N) is 1. The fourth-order valence-corrected chi connectivity index (χ4v) is 3.10. The highest BCUT2D eigenvalue weighted by atomic mass is 16.5. The summed E-state index contributed by atoms with van der Waals surface area (Å²) in [6.07, 6.45) is 1.38. The maximum atomic E-state index is 6.01. The van der Waals surface area contributed by atoms with Gasteiger partial charge in [0.2, 0.25) is 0 Å². The van der Waals surface area contributed by atoms with Crippen LogP contribution in [0.3, 0.4) is 0 Å². The fourth-order valence-electron chi connectivity index (χ4n) is 3.10. The average Bonchev–Trinajstić information content (AvgIpc) is 2.50. The highest BCUT2D eigenvalue weighted by Crippen LogP contribution is 2.29. The molecular formula is C17H28N2O2. The number of hydrogen-bond donors (Lipinski definition) is 1. The van der Waals surface area contributed by atoms with E-state index in [0.717, 1.165) is 26.2 Å². The van der Waals surface area contributed by atoms with E-state index in [0.29, 0.717) is 12.6 Å². The average molecular weight is 292 g/mol. The Kier molecular flexibility index (Phi) is 6.64. The Balaban J connectivity index is 2.19. The van der Waals surface area contributed by atoms with Gasteiger partial charge in [0.15, 0.2) is 0 Å². The molecule has 0 saturated carbocycles. The van der Waals surface area contributed by atoms with Crippen molar-refractivity contribution in [2.75, 3.05) is 40.4 Å². The van der Waals surface area contributed by atoms with Crippen LogP contribution in [0, 0.1) is 0 Å². The molecule has 1 aromatic carbocycles. The van der Waals surface area contributed by atoms with Gasteiger partial charge >= 0.3 is 0 Å². The van der Waals surface area contributed by atoms with Crippen LogP contribution in [-0.4, -0.2) is 51.4 Å². The zero-order valence-electron chi connectivity index (χ0n) is 13.5. The Labute approximate surface area is 128 Å². The van der Waals surface area contributed by atoms with E-state index in [1.165, 1.54) is 17.5 Å². The summed E-state index contributed by atoms with van der Waals surface area (Å²) < 4.78 is 11.2. The van der Waals surface area contributed by atoms with Crippen LogP contribution in [0.15, 0.2) is 24.3 Å². The molecule has 0 radical (unpaired) electrons. The number of ether oxygens (including phenoxy) is 2. The van der Waals surface area contributed by atoms with Crippen molar-refractivity contribution < 1.29 is 9.47 Å². The summed E-state index contributed by atoms with van der Waals surface area (Å²) in [4.78, 5) is 2.55. The molecule has 2 unspecified atom stereocenters. The molecule has 1 saturated heterocycles. The molecule has 2 rings (SSSR count). The molecule has 2 atom stereocenters. The Bertz CT molecular complexity index is 390. The van der Waals surface area contributed by atoms with Gasteiger partial charge in [0, 0.05) is 20.2 Å². The summed E-state index contributed by atoms with van der Waals surface area (Å²) in [5.41, 5.74) is 2.55. The van der Waals surface area contributed by atoms with E-state index >= 15 is 0 Å². The molecule has 4 heteroatoms. The molecule has 21 heavy (non-hydrogen) atoms. The number of methoxy groups -OCH3 is 1. The van der Waals surface area contributed by atoms with E-state index in [9.17, 15) is 0 Å². The third kappa shape index (κ3) is 4.27. The standard InChI is InChI=1S/C17H28N2O2/c1-4-9-19-10-11-21-16(12-18-2)17(19)15-7-5-14(6-8-15)13-20-3/h5-8,16-18H,4,9-13H2,1-3H3. The minimum Gasteiger partial charge on any atom is -0.380 e. The van der Waals surface area contributed by atoms with Gasteiger partial charge in [-0.3, -0.25) is 4.90 Å². The molecule has 0 aliphatic carbocycles. The molecule has 118 valence electrons. The third-order valence-electron chi connectivity index (χ3n) is 4.00. The molecule has 1 heterocycles.